The SMILES string of the molecule is CCCCC[C@@H]1N(C)[C@@]12[C@@H](CCO[Si](C)(C)C(C)(C)C)N2C. The minimum Gasteiger partial charge on any atom is -0.417 e. The lowest BCUT2D eigenvalue weighted by Gasteiger charge is -2.36. The lowest BCUT2D eigenvalue weighted by atomic mass is 10.1. The first-order valence-electron chi connectivity index (χ1n) is 9.20. The van der Waals surface area contributed by atoms with E-state index < -0.39 is 8.32 Å². The maximum atomic E-state index is 6.38. The summed E-state index contributed by atoms with van der Waals surface area (Å²) < 4.78 is 6.38. The second-order valence-corrected chi connectivity index (χ2v) is 13.7. The van der Waals surface area contributed by atoms with Crippen molar-refractivity contribution in [2.45, 2.75) is 95.7 Å². The van der Waals surface area contributed by atoms with Crippen molar-refractivity contribution in [3.8, 4) is 0 Å². The van der Waals surface area contributed by atoms with E-state index in [2.05, 4.69) is 64.7 Å². The molecule has 2 rings (SSSR count). The highest BCUT2D eigenvalue weighted by Gasteiger charge is 2.78. The van der Waals surface area contributed by atoms with Crippen molar-refractivity contribution in [3.63, 3.8) is 0 Å². The highest BCUT2D eigenvalue weighted by molar-refractivity contribution is 6.74. The van der Waals surface area contributed by atoms with Crippen LogP contribution in [-0.4, -0.2) is 56.6 Å². The molecule has 1 spiro atoms. The van der Waals surface area contributed by atoms with Gasteiger partial charge in [0.05, 0.1) is 0 Å². The van der Waals surface area contributed by atoms with Gasteiger partial charge in [-0.25, -0.2) is 0 Å². The number of hydrogen-bond acceptors (Lipinski definition) is 3. The molecule has 4 heteroatoms. The molecule has 2 aliphatic heterocycles. The zero-order valence-electron chi connectivity index (χ0n) is 16.2. The van der Waals surface area contributed by atoms with E-state index in [4.69, 9.17) is 4.43 Å². The predicted octanol–water partition coefficient (Wildman–Crippen LogP) is 4.30. The Bertz CT molecular complexity index is 393. The fourth-order valence-electron chi connectivity index (χ4n) is 3.97. The molecule has 0 aromatic heterocycles. The smallest absolute Gasteiger partial charge is 0.191 e. The van der Waals surface area contributed by atoms with E-state index in [-0.39, 0.29) is 0 Å². The van der Waals surface area contributed by atoms with Crippen LogP contribution in [0.2, 0.25) is 18.1 Å². The largest absolute Gasteiger partial charge is 0.417 e. The zero-order chi connectivity index (χ0) is 16.8. The van der Waals surface area contributed by atoms with E-state index in [0.717, 1.165) is 12.6 Å². The van der Waals surface area contributed by atoms with Crippen LogP contribution >= 0.6 is 0 Å². The Balaban J connectivity index is 1.77. The van der Waals surface area contributed by atoms with Crippen LogP contribution in [0.3, 0.4) is 0 Å². The van der Waals surface area contributed by atoms with Gasteiger partial charge in [0, 0.05) is 18.7 Å². The summed E-state index contributed by atoms with van der Waals surface area (Å²) in [5.74, 6) is 0. The fourth-order valence-corrected chi connectivity index (χ4v) is 5.03. The second-order valence-electron chi connectivity index (χ2n) is 8.93. The van der Waals surface area contributed by atoms with Crippen molar-refractivity contribution >= 4 is 8.32 Å². The van der Waals surface area contributed by atoms with E-state index in [1.54, 1.807) is 0 Å². The number of likely N-dealkylation sites (N-methyl/N-ethyl adjacent to an activating group) is 2. The number of rotatable bonds is 8. The molecule has 0 amide bonds. The molecule has 22 heavy (non-hydrogen) atoms. The van der Waals surface area contributed by atoms with Gasteiger partial charge in [-0.05, 0) is 45.1 Å². The highest BCUT2D eigenvalue weighted by atomic mass is 28.4. The molecule has 0 saturated carbocycles. The quantitative estimate of drug-likeness (QED) is 0.375. The molecule has 0 radical (unpaired) electrons. The van der Waals surface area contributed by atoms with Crippen molar-refractivity contribution in [3.05, 3.63) is 0 Å². The van der Waals surface area contributed by atoms with Crippen LogP contribution in [0.5, 0.6) is 0 Å². The van der Waals surface area contributed by atoms with Gasteiger partial charge in [-0.15, -0.1) is 0 Å². The van der Waals surface area contributed by atoms with Crippen molar-refractivity contribution < 1.29 is 4.43 Å². The van der Waals surface area contributed by atoms with Crippen LogP contribution in [0.4, 0.5) is 0 Å². The standard InChI is InChI=1S/C18H38N2OSi/c1-9-10-11-12-15-18(19(15)5)16(20(18)6)13-14-21-22(7,8)17(2,3)4/h15-16H,9-14H2,1-8H3/t15-,16+,18-,19?,20?/m0/s1. The van der Waals surface area contributed by atoms with Crippen molar-refractivity contribution in [2.75, 3.05) is 20.7 Å². The molecule has 130 valence electrons. The summed E-state index contributed by atoms with van der Waals surface area (Å²) in [7, 11) is 3.02. The Morgan fingerprint density at radius 2 is 1.55 bits per heavy atom. The van der Waals surface area contributed by atoms with Gasteiger partial charge in [0.25, 0.3) is 0 Å². The Morgan fingerprint density at radius 3 is 2.05 bits per heavy atom. The average molecular weight is 327 g/mol. The molecule has 2 heterocycles. The van der Waals surface area contributed by atoms with Gasteiger partial charge in [0.2, 0.25) is 0 Å². The highest BCUT2D eigenvalue weighted by Crippen LogP contribution is 2.61. The van der Waals surface area contributed by atoms with Crippen LogP contribution in [-0.2, 0) is 4.43 Å². The van der Waals surface area contributed by atoms with Gasteiger partial charge in [-0.1, -0.05) is 47.0 Å². The summed E-state index contributed by atoms with van der Waals surface area (Å²) in [5.41, 5.74) is 0.407. The summed E-state index contributed by atoms with van der Waals surface area (Å²) in [6.07, 6.45) is 6.65. The molecule has 2 saturated heterocycles. The second kappa shape index (κ2) is 6.19. The third-order valence-electron chi connectivity index (χ3n) is 6.65. The fraction of sp³-hybridized carbons (Fsp3) is 1.00. The maximum Gasteiger partial charge on any atom is 0.191 e. The van der Waals surface area contributed by atoms with Crippen molar-refractivity contribution in [1.82, 2.24) is 9.80 Å². The molecule has 2 aliphatic rings. The molecule has 0 aliphatic carbocycles. The maximum absolute atomic E-state index is 6.38. The molecule has 5 atom stereocenters. The Hall–Kier alpha value is 0.0969. The topological polar surface area (TPSA) is 15.2 Å². The Morgan fingerprint density at radius 1 is 1.00 bits per heavy atom. The third kappa shape index (κ3) is 3.04. The molecule has 0 N–H and O–H groups in total. The van der Waals surface area contributed by atoms with Gasteiger partial charge in [0.1, 0.15) is 5.66 Å². The van der Waals surface area contributed by atoms with Crippen LogP contribution in [0.1, 0.15) is 59.8 Å². The van der Waals surface area contributed by atoms with Crippen LogP contribution < -0.4 is 0 Å². The van der Waals surface area contributed by atoms with Gasteiger partial charge < -0.3 is 4.43 Å². The molecule has 0 aromatic rings. The number of nitrogens with zero attached hydrogens (tertiary/aromatic N) is 2. The third-order valence-corrected chi connectivity index (χ3v) is 11.2. The monoisotopic (exact) mass is 326 g/mol. The normalized spacial score (nSPS) is 37.6. The first-order valence-corrected chi connectivity index (χ1v) is 12.1. The van der Waals surface area contributed by atoms with E-state index in [0.29, 0.717) is 16.7 Å². The summed E-state index contributed by atoms with van der Waals surface area (Å²) in [6.45, 7) is 14.9. The Kier molecular flexibility index (Phi) is 5.19. The molecule has 2 unspecified atom stereocenters. The number of hydrogen-bond donors (Lipinski definition) is 0. The minimum absolute atomic E-state index is 0.319. The van der Waals surface area contributed by atoms with Crippen LogP contribution in [0, 0.1) is 0 Å². The molecule has 2 fully saturated rings. The lowest BCUT2D eigenvalue weighted by Crippen LogP contribution is -2.41. The van der Waals surface area contributed by atoms with Crippen molar-refractivity contribution in [1.29, 1.82) is 0 Å². The molecule has 0 bridgehead atoms. The molecule has 3 nitrogen and oxygen atoms in total. The van der Waals surface area contributed by atoms with E-state index in [1.807, 2.05) is 0 Å². The van der Waals surface area contributed by atoms with E-state index in [1.165, 1.54) is 32.1 Å². The number of unbranched alkanes of at least 4 members (excludes halogenated alkanes) is 2. The summed E-state index contributed by atoms with van der Waals surface area (Å²) in [6, 6.07) is 1.51. The zero-order valence-corrected chi connectivity index (χ0v) is 17.2. The van der Waals surface area contributed by atoms with Crippen LogP contribution in [0.25, 0.3) is 0 Å². The van der Waals surface area contributed by atoms with E-state index in [9.17, 15) is 0 Å². The van der Waals surface area contributed by atoms with E-state index >= 15 is 0 Å². The minimum atomic E-state index is -1.58. The summed E-state index contributed by atoms with van der Waals surface area (Å²) >= 11 is 0. The van der Waals surface area contributed by atoms with Gasteiger partial charge in [0.15, 0.2) is 8.32 Å². The first-order chi connectivity index (χ1) is 10.1. The molecule has 0 aromatic carbocycles. The van der Waals surface area contributed by atoms with Crippen LogP contribution in [0.15, 0.2) is 0 Å². The Labute approximate surface area is 139 Å². The summed E-state index contributed by atoms with van der Waals surface area (Å²) in [4.78, 5) is 5.18. The molecular weight excluding hydrogens is 288 g/mol. The molecular formula is C18H38N2OSi. The average Bonchev–Trinajstić information content (AvgIpc) is 3.18. The van der Waals surface area contributed by atoms with Gasteiger partial charge in [-0.3, -0.25) is 9.80 Å². The summed E-state index contributed by atoms with van der Waals surface area (Å²) in [5, 5.41) is 0.319. The predicted molar refractivity (Wildman–Crippen MR) is 97.7 cm³/mol. The first kappa shape index (κ1) is 18.4. The van der Waals surface area contributed by atoms with Gasteiger partial charge in [-0.2, -0.15) is 0 Å². The van der Waals surface area contributed by atoms with Crippen molar-refractivity contribution in [2.24, 2.45) is 0 Å². The lowest BCUT2D eigenvalue weighted by molar-refractivity contribution is 0.276. The van der Waals surface area contributed by atoms with Gasteiger partial charge >= 0.3 is 0 Å².